The van der Waals surface area contributed by atoms with Crippen molar-refractivity contribution in [3.05, 3.63) is 64.7 Å². The van der Waals surface area contributed by atoms with Gasteiger partial charge in [-0.2, -0.15) is 0 Å². The Labute approximate surface area is 161 Å². The minimum Gasteiger partial charge on any atom is -0.287 e. The van der Waals surface area contributed by atoms with E-state index in [2.05, 4.69) is 0 Å². The molecular formula is C20H18ClNO3S. The third-order valence-corrected chi connectivity index (χ3v) is 5.38. The first kappa shape index (κ1) is 18.7. The molecule has 0 spiro atoms. The van der Waals surface area contributed by atoms with Gasteiger partial charge in [0.1, 0.15) is 0 Å². The zero-order valence-corrected chi connectivity index (χ0v) is 15.7. The van der Waals surface area contributed by atoms with E-state index in [1.165, 1.54) is 16.7 Å². The minimum atomic E-state index is -0.222. The fourth-order valence-electron chi connectivity index (χ4n) is 2.84. The molecule has 3 rings (SSSR count). The van der Waals surface area contributed by atoms with Gasteiger partial charge in [-0.25, -0.2) is 0 Å². The van der Waals surface area contributed by atoms with Crippen LogP contribution in [0.1, 0.15) is 46.4 Å². The van der Waals surface area contributed by atoms with Crippen molar-refractivity contribution in [3.8, 4) is 0 Å². The first-order valence-corrected chi connectivity index (χ1v) is 9.67. The standard InChI is InChI=1S/C20H18ClNO3S/c21-14-9-11-15(12-10-14)26-18(23)8-2-1-5-13-22-19(24)16-6-3-4-7-17(16)20(22)25/h3-4,6-7,9-12H,1-2,5,8,13H2. The number of unbranched alkanes of at least 4 members (excludes halogenated alkanes) is 2. The highest BCUT2D eigenvalue weighted by Crippen LogP contribution is 2.24. The minimum absolute atomic E-state index is 0.105. The van der Waals surface area contributed by atoms with Crippen LogP contribution in [0.3, 0.4) is 0 Å². The lowest BCUT2D eigenvalue weighted by Crippen LogP contribution is -2.30. The van der Waals surface area contributed by atoms with Gasteiger partial charge in [0, 0.05) is 22.9 Å². The molecule has 0 radical (unpaired) electrons. The second-order valence-corrected chi connectivity index (χ2v) is 7.61. The van der Waals surface area contributed by atoms with Crippen molar-refractivity contribution in [2.45, 2.75) is 30.6 Å². The quantitative estimate of drug-likeness (QED) is 0.388. The van der Waals surface area contributed by atoms with Gasteiger partial charge in [0.25, 0.3) is 11.8 Å². The fraction of sp³-hybridized carbons (Fsp3) is 0.250. The molecule has 0 unspecified atom stereocenters. The Hall–Kier alpha value is -2.11. The predicted octanol–water partition coefficient (Wildman–Crippen LogP) is 4.82. The number of carbonyl (C=O) groups is 3. The van der Waals surface area contributed by atoms with E-state index < -0.39 is 0 Å². The van der Waals surface area contributed by atoms with E-state index in [-0.39, 0.29) is 16.9 Å². The summed E-state index contributed by atoms with van der Waals surface area (Å²) in [5.41, 5.74) is 0.957. The van der Waals surface area contributed by atoms with Crippen LogP contribution in [-0.4, -0.2) is 28.4 Å². The molecule has 1 heterocycles. The van der Waals surface area contributed by atoms with Crippen molar-refractivity contribution in [1.29, 1.82) is 0 Å². The third-order valence-electron chi connectivity index (χ3n) is 4.19. The van der Waals surface area contributed by atoms with E-state index >= 15 is 0 Å². The van der Waals surface area contributed by atoms with E-state index in [1.807, 2.05) is 12.1 Å². The average molecular weight is 388 g/mol. The molecule has 0 N–H and O–H groups in total. The van der Waals surface area contributed by atoms with Crippen LogP contribution in [0.25, 0.3) is 0 Å². The molecule has 0 fully saturated rings. The smallest absolute Gasteiger partial charge is 0.261 e. The van der Waals surface area contributed by atoms with Crippen LogP contribution in [0.2, 0.25) is 5.02 Å². The van der Waals surface area contributed by atoms with Gasteiger partial charge in [-0.1, -0.05) is 41.9 Å². The maximum atomic E-state index is 12.2. The van der Waals surface area contributed by atoms with E-state index in [0.29, 0.717) is 35.5 Å². The van der Waals surface area contributed by atoms with Gasteiger partial charge in [-0.15, -0.1) is 0 Å². The molecule has 134 valence electrons. The van der Waals surface area contributed by atoms with Crippen molar-refractivity contribution >= 4 is 40.3 Å². The zero-order valence-electron chi connectivity index (χ0n) is 14.1. The van der Waals surface area contributed by atoms with Gasteiger partial charge < -0.3 is 0 Å². The van der Waals surface area contributed by atoms with Crippen molar-refractivity contribution in [3.63, 3.8) is 0 Å². The molecule has 0 saturated heterocycles. The second-order valence-electron chi connectivity index (χ2n) is 6.05. The Bertz CT molecular complexity index is 800. The summed E-state index contributed by atoms with van der Waals surface area (Å²) in [5, 5.41) is 0.753. The average Bonchev–Trinajstić information content (AvgIpc) is 2.88. The summed E-state index contributed by atoms with van der Waals surface area (Å²) in [7, 11) is 0. The van der Waals surface area contributed by atoms with Gasteiger partial charge in [-0.3, -0.25) is 19.3 Å². The predicted molar refractivity (Wildman–Crippen MR) is 103 cm³/mol. The second kappa shape index (κ2) is 8.52. The number of amides is 2. The van der Waals surface area contributed by atoms with Gasteiger partial charge >= 0.3 is 0 Å². The van der Waals surface area contributed by atoms with Crippen molar-refractivity contribution in [2.75, 3.05) is 6.54 Å². The van der Waals surface area contributed by atoms with Crippen molar-refractivity contribution in [2.24, 2.45) is 0 Å². The molecule has 0 aliphatic carbocycles. The van der Waals surface area contributed by atoms with Gasteiger partial charge in [0.15, 0.2) is 5.12 Å². The van der Waals surface area contributed by atoms with Crippen LogP contribution in [0, 0.1) is 0 Å². The van der Waals surface area contributed by atoms with E-state index in [0.717, 1.165) is 17.7 Å². The lowest BCUT2D eigenvalue weighted by molar-refractivity contribution is -0.111. The van der Waals surface area contributed by atoms with Crippen LogP contribution in [0.4, 0.5) is 0 Å². The molecule has 2 aromatic carbocycles. The first-order chi connectivity index (χ1) is 12.6. The van der Waals surface area contributed by atoms with E-state index in [4.69, 9.17) is 11.6 Å². The summed E-state index contributed by atoms with van der Waals surface area (Å²) in [5.74, 6) is -0.444. The monoisotopic (exact) mass is 387 g/mol. The maximum Gasteiger partial charge on any atom is 0.261 e. The molecule has 2 amide bonds. The fourth-order valence-corrected chi connectivity index (χ4v) is 3.75. The Morgan fingerprint density at radius 1 is 0.885 bits per heavy atom. The highest BCUT2D eigenvalue weighted by molar-refractivity contribution is 8.13. The highest BCUT2D eigenvalue weighted by atomic mass is 35.5. The summed E-state index contributed by atoms with van der Waals surface area (Å²) in [6.45, 7) is 0.394. The molecule has 0 bridgehead atoms. The van der Waals surface area contributed by atoms with Crippen LogP contribution >= 0.6 is 23.4 Å². The SMILES string of the molecule is O=C(CCCCCN1C(=O)c2ccccc2C1=O)Sc1ccc(Cl)cc1. The van der Waals surface area contributed by atoms with E-state index in [9.17, 15) is 14.4 Å². The summed E-state index contributed by atoms with van der Waals surface area (Å²) in [4.78, 5) is 38.7. The molecule has 4 nitrogen and oxygen atoms in total. The Morgan fingerprint density at radius 3 is 2.12 bits per heavy atom. The normalized spacial score (nSPS) is 13.2. The number of hydrogen-bond donors (Lipinski definition) is 0. The van der Waals surface area contributed by atoms with Crippen LogP contribution in [0.5, 0.6) is 0 Å². The van der Waals surface area contributed by atoms with Crippen molar-refractivity contribution in [1.82, 2.24) is 4.90 Å². The number of fused-ring (bicyclic) bond motifs is 1. The van der Waals surface area contributed by atoms with Crippen LogP contribution in [-0.2, 0) is 4.79 Å². The molecular weight excluding hydrogens is 370 g/mol. The lowest BCUT2D eigenvalue weighted by Gasteiger charge is -2.13. The number of carbonyl (C=O) groups excluding carboxylic acids is 3. The lowest BCUT2D eigenvalue weighted by atomic mass is 10.1. The molecule has 26 heavy (non-hydrogen) atoms. The number of halogens is 1. The largest absolute Gasteiger partial charge is 0.287 e. The molecule has 0 saturated carbocycles. The maximum absolute atomic E-state index is 12.2. The number of imide groups is 1. The Morgan fingerprint density at radius 2 is 1.50 bits per heavy atom. The molecule has 2 aromatic rings. The first-order valence-electron chi connectivity index (χ1n) is 8.48. The third kappa shape index (κ3) is 4.34. The molecule has 1 aliphatic rings. The molecule has 6 heteroatoms. The summed E-state index contributed by atoms with van der Waals surface area (Å²) in [6, 6.07) is 14.1. The molecule has 1 aliphatic heterocycles. The number of thioether (sulfide) groups is 1. The van der Waals surface area contributed by atoms with E-state index in [1.54, 1.807) is 36.4 Å². The summed E-state index contributed by atoms with van der Waals surface area (Å²) >= 11 is 7.04. The van der Waals surface area contributed by atoms with Crippen LogP contribution in [0.15, 0.2) is 53.4 Å². The molecule has 0 aromatic heterocycles. The Kier molecular flexibility index (Phi) is 6.12. The number of rotatable bonds is 7. The van der Waals surface area contributed by atoms with Gasteiger partial charge in [-0.05, 0) is 49.2 Å². The summed E-state index contributed by atoms with van der Waals surface area (Å²) < 4.78 is 0. The summed E-state index contributed by atoms with van der Waals surface area (Å²) in [6.07, 6.45) is 2.70. The van der Waals surface area contributed by atoms with Crippen molar-refractivity contribution < 1.29 is 14.4 Å². The number of nitrogens with zero attached hydrogens (tertiary/aromatic N) is 1. The Balaban J connectivity index is 1.38. The number of benzene rings is 2. The van der Waals surface area contributed by atoms with Gasteiger partial charge in [0.2, 0.25) is 0 Å². The zero-order chi connectivity index (χ0) is 18.5. The number of hydrogen-bond acceptors (Lipinski definition) is 4. The highest BCUT2D eigenvalue weighted by Gasteiger charge is 2.34. The molecule has 0 atom stereocenters. The van der Waals surface area contributed by atoms with Gasteiger partial charge in [0.05, 0.1) is 11.1 Å². The topological polar surface area (TPSA) is 54.5 Å². The van der Waals surface area contributed by atoms with Crippen LogP contribution < -0.4 is 0 Å².